The Balaban J connectivity index is 1.82. The van der Waals surface area contributed by atoms with Crippen molar-refractivity contribution in [2.24, 2.45) is 11.8 Å². The van der Waals surface area contributed by atoms with Crippen molar-refractivity contribution in [3.05, 3.63) is 35.1 Å². The second kappa shape index (κ2) is 11.1. The van der Waals surface area contributed by atoms with Gasteiger partial charge in [0.2, 0.25) is 0 Å². The lowest BCUT2D eigenvalue weighted by atomic mass is 9.90. The summed E-state index contributed by atoms with van der Waals surface area (Å²) < 4.78 is 38.0. The number of thiazole rings is 1. The minimum atomic E-state index is -2.35. The van der Waals surface area contributed by atoms with Gasteiger partial charge in [-0.05, 0) is 38.5 Å². The van der Waals surface area contributed by atoms with Crippen LogP contribution in [-0.4, -0.2) is 33.5 Å². The summed E-state index contributed by atoms with van der Waals surface area (Å²) in [5.41, 5.74) is -0.884. The topological polar surface area (TPSA) is 67.3 Å². The van der Waals surface area contributed by atoms with Crippen LogP contribution in [0.1, 0.15) is 55.9 Å². The van der Waals surface area contributed by atoms with E-state index in [1.807, 2.05) is 6.08 Å². The summed E-state index contributed by atoms with van der Waals surface area (Å²) in [5.74, 6) is -0.597. The van der Waals surface area contributed by atoms with Gasteiger partial charge in [0.05, 0.1) is 5.60 Å². The molecule has 0 spiro atoms. The molecule has 1 saturated carbocycles. The van der Waals surface area contributed by atoms with E-state index in [2.05, 4.69) is 4.98 Å². The van der Waals surface area contributed by atoms with Crippen LogP contribution in [0, 0.1) is 11.8 Å². The molecule has 1 fully saturated rings. The number of ketones is 1. The molecule has 1 aliphatic rings. The molecular formula is C20H24F3NO3S2. The van der Waals surface area contributed by atoms with E-state index in [0.29, 0.717) is 30.6 Å². The quantitative estimate of drug-likeness (QED) is 0.272. The average Bonchev–Trinajstić information content (AvgIpc) is 3.27. The standard InChI is InChI=1S/C20H24F3NO3S2/c1-20(27,9-6-16(21)18(22)23)8-2-3-13-4-5-17(26)15(13)7-10-28-19-24-14(11-25)12-29-19/h2-3,11-13,15,27H,4-10H2,1H3/b3-2+/t13-,15+,20?/m0/s1. The first-order valence-corrected chi connectivity index (χ1v) is 11.2. The van der Waals surface area contributed by atoms with Crippen molar-refractivity contribution >= 4 is 35.2 Å². The van der Waals surface area contributed by atoms with Crippen molar-refractivity contribution in [3.63, 3.8) is 0 Å². The smallest absolute Gasteiger partial charge is 0.301 e. The Hall–Kier alpha value is -1.45. The zero-order valence-electron chi connectivity index (χ0n) is 16.1. The number of rotatable bonds is 11. The number of halogens is 3. The van der Waals surface area contributed by atoms with E-state index in [4.69, 9.17) is 0 Å². The van der Waals surface area contributed by atoms with Gasteiger partial charge >= 0.3 is 6.08 Å². The van der Waals surface area contributed by atoms with E-state index in [1.54, 1.807) is 11.5 Å². The Kier molecular flexibility index (Phi) is 9.10. The number of allylic oxidation sites excluding steroid dienone is 2. The van der Waals surface area contributed by atoms with Gasteiger partial charge in [0.25, 0.3) is 0 Å². The molecule has 2 rings (SSSR count). The second-order valence-corrected chi connectivity index (χ2v) is 9.56. The highest BCUT2D eigenvalue weighted by atomic mass is 32.2. The normalized spacial score (nSPS) is 21.5. The second-order valence-electron chi connectivity index (χ2n) is 7.36. The maximum Gasteiger partial charge on any atom is 0.301 e. The summed E-state index contributed by atoms with van der Waals surface area (Å²) in [6.07, 6.45) is 3.55. The Labute approximate surface area is 176 Å². The zero-order valence-corrected chi connectivity index (χ0v) is 17.7. The fraction of sp³-hybridized carbons (Fsp3) is 0.550. The minimum absolute atomic E-state index is 0.0700. The number of hydrogen-bond donors (Lipinski definition) is 1. The maximum absolute atomic E-state index is 12.9. The van der Waals surface area contributed by atoms with Crippen molar-refractivity contribution < 1.29 is 27.9 Å². The number of nitrogens with zero attached hydrogens (tertiary/aromatic N) is 1. The van der Waals surface area contributed by atoms with Gasteiger partial charge < -0.3 is 5.11 Å². The fourth-order valence-electron chi connectivity index (χ4n) is 3.27. The van der Waals surface area contributed by atoms with Gasteiger partial charge in [0, 0.05) is 29.9 Å². The van der Waals surface area contributed by atoms with E-state index in [1.165, 1.54) is 30.0 Å². The molecule has 0 aromatic carbocycles. The minimum Gasteiger partial charge on any atom is -0.390 e. The highest BCUT2D eigenvalue weighted by Crippen LogP contribution is 2.35. The first-order chi connectivity index (χ1) is 13.7. The van der Waals surface area contributed by atoms with E-state index < -0.39 is 23.9 Å². The van der Waals surface area contributed by atoms with Gasteiger partial charge in [-0.2, -0.15) is 8.78 Å². The lowest BCUT2D eigenvalue weighted by Crippen LogP contribution is -2.23. The Bertz CT molecular complexity index is 773. The van der Waals surface area contributed by atoms with Crippen molar-refractivity contribution in [3.8, 4) is 0 Å². The van der Waals surface area contributed by atoms with Gasteiger partial charge in [-0.15, -0.1) is 11.3 Å². The number of aliphatic hydroxyl groups is 1. The van der Waals surface area contributed by atoms with Gasteiger partial charge in [-0.3, -0.25) is 9.59 Å². The van der Waals surface area contributed by atoms with Crippen LogP contribution in [0.2, 0.25) is 0 Å². The van der Waals surface area contributed by atoms with E-state index >= 15 is 0 Å². The van der Waals surface area contributed by atoms with E-state index in [0.717, 1.165) is 10.8 Å². The van der Waals surface area contributed by atoms with Crippen LogP contribution in [0.3, 0.4) is 0 Å². The van der Waals surface area contributed by atoms with E-state index in [-0.39, 0.29) is 30.5 Å². The maximum atomic E-state index is 12.9. The van der Waals surface area contributed by atoms with Gasteiger partial charge in [0.1, 0.15) is 11.5 Å². The fourth-order valence-corrected chi connectivity index (χ4v) is 5.15. The van der Waals surface area contributed by atoms with Gasteiger partial charge in [-0.25, -0.2) is 9.37 Å². The summed E-state index contributed by atoms with van der Waals surface area (Å²) >= 11 is 2.92. The summed E-state index contributed by atoms with van der Waals surface area (Å²) in [5, 5.41) is 11.9. The number of aromatic nitrogens is 1. The molecule has 1 unspecified atom stereocenters. The molecule has 0 aliphatic heterocycles. The molecule has 0 saturated heterocycles. The first kappa shape index (κ1) is 23.8. The highest BCUT2D eigenvalue weighted by molar-refractivity contribution is 8.01. The van der Waals surface area contributed by atoms with Crippen LogP contribution in [0.25, 0.3) is 0 Å². The first-order valence-electron chi connectivity index (χ1n) is 9.37. The van der Waals surface area contributed by atoms with Crippen LogP contribution >= 0.6 is 23.1 Å². The van der Waals surface area contributed by atoms with Crippen molar-refractivity contribution in [1.82, 2.24) is 4.98 Å². The van der Waals surface area contributed by atoms with Gasteiger partial charge in [0.15, 0.2) is 16.5 Å². The van der Waals surface area contributed by atoms with Crippen LogP contribution in [0.15, 0.2) is 33.8 Å². The van der Waals surface area contributed by atoms with Gasteiger partial charge in [-0.1, -0.05) is 23.9 Å². The molecule has 1 heterocycles. The largest absolute Gasteiger partial charge is 0.390 e. The molecule has 9 heteroatoms. The summed E-state index contributed by atoms with van der Waals surface area (Å²) in [4.78, 5) is 27.0. The molecular weight excluding hydrogens is 423 g/mol. The monoisotopic (exact) mass is 447 g/mol. The average molecular weight is 448 g/mol. The number of carbonyl (C=O) groups is 2. The number of hydrogen-bond acceptors (Lipinski definition) is 6. The molecule has 29 heavy (non-hydrogen) atoms. The van der Waals surface area contributed by atoms with Crippen molar-refractivity contribution in [1.29, 1.82) is 0 Å². The summed E-state index contributed by atoms with van der Waals surface area (Å²) in [7, 11) is 0. The molecule has 1 aromatic rings. The molecule has 1 aromatic heterocycles. The highest BCUT2D eigenvalue weighted by Gasteiger charge is 2.32. The third-order valence-electron chi connectivity index (χ3n) is 4.96. The number of aldehydes is 1. The molecule has 0 bridgehead atoms. The molecule has 1 aliphatic carbocycles. The summed E-state index contributed by atoms with van der Waals surface area (Å²) in [6, 6.07) is 0. The molecule has 4 nitrogen and oxygen atoms in total. The molecule has 0 amide bonds. The number of Topliss-reactive ketones (excluding diaryl/α,β-unsaturated/α-hetero) is 1. The Morgan fingerprint density at radius 3 is 2.86 bits per heavy atom. The number of carbonyl (C=O) groups excluding carboxylic acids is 2. The SMILES string of the molecule is CC(O)(C/C=C/[C@H]1CCC(=O)[C@@H]1CCSc1nc(C=O)cs1)CCC(F)=C(F)F. The zero-order chi connectivity index (χ0) is 21.4. The third kappa shape index (κ3) is 7.71. The molecule has 1 N–H and O–H groups in total. The molecule has 160 valence electrons. The Morgan fingerprint density at radius 2 is 2.21 bits per heavy atom. The predicted molar refractivity (Wildman–Crippen MR) is 108 cm³/mol. The van der Waals surface area contributed by atoms with Crippen LogP contribution in [0.4, 0.5) is 13.2 Å². The third-order valence-corrected chi connectivity index (χ3v) is 7.03. The van der Waals surface area contributed by atoms with Crippen LogP contribution in [-0.2, 0) is 4.79 Å². The molecule has 0 radical (unpaired) electrons. The number of thioether (sulfide) groups is 1. The van der Waals surface area contributed by atoms with Crippen molar-refractivity contribution in [2.45, 2.75) is 55.4 Å². The Morgan fingerprint density at radius 1 is 1.45 bits per heavy atom. The predicted octanol–water partition coefficient (Wildman–Crippen LogP) is 5.59. The van der Waals surface area contributed by atoms with E-state index in [9.17, 15) is 27.9 Å². The van der Waals surface area contributed by atoms with Crippen LogP contribution in [0.5, 0.6) is 0 Å². The summed E-state index contributed by atoms with van der Waals surface area (Å²) in [6.45, 7) is 1.48. The van der Waals surface area contributed by atoms with Crippen molar-refractivity contribution in [2.75, 3.05) is 5.75 Å². The lowest BCUT2D eigenvalue weighted by Gasteiger charge is -2.21. The lowest BCUT2D eigenvalue weighted by molar-refractivity contribution is -0.121. The molecule has 3 atom stereocenters. The van der Waals surface area contributed by atoms with Crippen LogP contribution < -0.4 is 0 Å².